The number of nitrogens with two attached hydrogens (primary N) is 1. The van der Waals surface area contributed by atoms with E-state index in [9.17, 15) is 0 Å². The number of methoxy groups -OCH3 is 1. The molecule has 1 atom stereocenters. The summed E-state index contributed by atoms with van der Waals surface area (Å²) in [5, 5.41) is 4.88. The quantitative estimate of drug-likeness (QED) is 0.532. The van der Waals surface area contributed by atoms with E-state index in [0.29, 0.717) is 11.6 Å². The molecule has 0 bridgehead atoms. The molecular weight excluding hydrogens is 356 g/mol. The number of benzene rings is 2. The Labute approximate surface area is 162 Å². The van der Waals surface area contributed by atoms with Crippen LogP contribution in [0.25, 0.3) is 0 Å². The number of hydrazine groups is 1. The van der Waals surface area contributed by atoms with Gasteiger partial charge in [-0.3, -0.25) is 5.73 Å². The highest BCUT2D eigenvalue weighted by molar-refractivity contribution is 5.80. The number of nitrogens with zero attached hydrogens (tertiary/aromatic N) is 4. The molecular formula is C19H22N8O. The molecule has 9 nitrogen and oxygen atoms in total. The van der Waals surface area contributed by atoms with Crippen LogP contribution in [0.1, 0.15) is 5.56 Å². The lowest BCUT2D eigenvalue weighted by atomic mass is 10.1. The molecule has 0 aliphatic carbocycles. The van der Waals surface area contributed by atoms with Crippen molar-refractivity contribution in [2.75, 3.05) is 17.4 Å². The van der Waals surface area contributed by atoms with Gasteiger partial charge in [0.1, 0.15) is 12.2 Å². The second kappa shape index (κ2) is 8.01. The molecule has 9 heteroatoms. The fourth-order valence-corrected chi connectivity index (χ4v) is 2.70. The van der Waals surface area contributed by atoms with E-state index in [1.165, 1.54) is 7.11 Å². The number of ether oxygens (including phenoxy) is 1. The minimum absolute atomic E-state index is 0. The molecule has 1 aliphatic heterocycles. The van der Waals surface area contributed by atoms with Crippen LogP contribution >= 0.6 is 0 Å². The molecule has 7 N–H and O–H groups in total. The van der Waals surface area contributed by atoms with E-state index in [1.54, 1.807) is 17.4 Å². The molecule has 3 aromatic rings. The summed E-state index contributed by atoms with van der Waals surface area (Å²) in [5.41, 5.74) is 11.3. The van der Waals surface area contributed by atoms with Crippen LogP contribution in [0.4, 0.5) is 17.3 Å². The van der Waals surface area contributed by atoms with E-state index in [4.69, 9.17) is 10.5 Å². The molecule has 144 valence electrons. The van der Waals surface area contributed by atoms with Gasteiger partial charge in [-0.1, -0.05) is 48.5 Å². The van der Waals surface area contributed by atoms with Crippen molar-refractivity contribution in [2.24, 2.45) is 10.7 Å². The lowest BCUT2D eigenvalue weighted by Crippen LogP contribution is -2.51. The molecule has 0 radical (unpaired) electrons. The smallest absolute Gasteiger partial charge is 0.320 e. The van der Waals surface area contributed by atoms with Gasteiger partial charge in [-0.05, 0) is 12.1 Å². The predicted molar refractivity (Wildman–Crippen MR) is 110 cm³/mol. The first-order valence-electron chi connectivity index (χ1n) is 8.38. The maximum Gasteiger partial charge on any atom is 0.320 e. The minimum atomic E-state index is -1.06. The first-order valence-corrected chi connectivity index (χ1v) is 8.38. The number of rotatable bonds is 5. The summed E-state index contributed by atoms with van der Waals surface area (Å²) in [7, 11) is 1.52. The third-order valence-corrected chi connectivity index (χ3v) is 4.05. The zero-order valence-electron chi connectivity index (χ0n) is 15.4. The summed E-state index contributed by atoms with van der Waals surface area (Å²) in [6.07, 6.45) is 1.60. The SMILES string of the molecule is COc1nc(Nc2ccccc2)cc(N2C=NC(N)(c3ccccc3)N2)n1.N. The van der Waals surface area contributed by atoms with Crippen molar-refractivity contribution >= 4 is 23.7 Å². The highest BCUT2D eigenvalue weighted by atomic mass is 16.5. The summed E-state index contributed by atoms with van der Waals surface area (Å²) in [6.45, 7) is 0. The molecule has 0 fully saturated rings. The van der Waals surface area contributed by atoms with Gasteiger partial charge in [0.2, 0.25) is 5.79 Å². The average molecular weight is 378 g/mol. The van der Waals surface area contributed by atoms with Crippen LogP contribution in [0.3, 0.4) is 0 Å². The highest BCUT2D eigenvalue weighted by Crippen LogP contribution is 2.26. The molecule has 0 saturated heterocycles. The van der Waals surface area contributed by atoms with Crippen molar-refractivity contribution in [1.29, 1.82) is 0 Å². The standard InChI is InChI=1S/C19H19N7O.H3N/c1-27-18-23-16(22-15-10-6-3-7-11-15)12-17(24-18)26-13-21-19(20,25-26)14-8-4-2-5-9-14;/h2-13,25H,20H2,1H3,(H,22,23,24);1H3. The maximum absolute atomic E-state index is 6.40. The van der Waals surface area contributed by atoms with Gasteiger partial charge >= 0.3 is 6.01 Å². The van der Waals surface area contributed by atoms with Crippen LogP contribution in [-0.2, 0) is 5.79 Å². The summed E-state index contributed by atoms with van der Waals surface area (Å²) in [5.74, 6) is 0.0756. The number of anilines is 3. The Kier molecular flexibility index (Phi) is 5.50. The first kappa shape index (κ1) is 19.2. The largest absolute Gasteiger partial charge is 0.467 e. The Bertz CT molecular complexity index is 951. The van der Waals surface area contributed by atoms with Crippen LogP contribution in [0, 0.1) is 0 Å². The predicted octanol–water partition coefficient (Wildman–Crippen LogP) is 2.51. The zero-order chi connectivity index (χ0) is 18.7. The summed E-state index contributed by atoms with van der Waals surface area (Å²) in [4.78, 5) is 13.1. The van der Waals surface area contributed by atoms with Gasteiger partial charge in [-0.2, -0.15) is 15.4 Å². The van der Waals surface area contributed by atoms with Crippen LogP contribution in [0.2, 0.25) is 0 Å². The maximum atomic E-state index is 6.40. The molecule has 28 heavy (non-hydrogen) atoms. The van der Waals surface area contributed by atoms with E-state index in [2.05, 4.69) is 25.7 Å². The van der Waals surface area contributed by atoms with E-state index < -0.39 is 5.79 Å². The van der Waals surface area contributed by atoms with Gasteiger partial charge in [0.15, 0.2) is 5.82 Å². The van der Waals surface area contributed by atoms with Gasteiger partial charge in [0, 0.05) is 17.3 Å². The number of hydrogen-bond acceptors (Lipinski definition) is 9. The Balaban J connectivity index is 0.00000225. The molecule has 0 spiro atoms. The summed E-state index contributed by atoms with van der Waals surface area (Å²) < 4.78 is 5.24. The Hall–Kier alpha value is -3.53. The van der Waals surface area contributed by atoms with E-state index >= 15 is 0 Å². The second-order valence-electron chi connectivity index (χ2n) is 5.95. The van der Waals surface area contributed by atoms with Gasteiger partial charge in [-0.25, -0.2) is 10.0 Å². The fraction of sp³-hybridized carbons (Fsp3) is 0.105. The zero-order valence-corrected chi connectivity index (χ0v) is 15.4. The third kappa shape index (κ3) is 3.91. The Morgan fingerprint density at radius 3 is 2.39 bits per heavy atom. The van der Waals surface area contributed by atoms with E-state index in [1.807, 2.05) is 60.7 Å². The molecule has 1 aromatic heterocycles. The highest BCUT2D eigenvalue weighted by Gasteiger charge is 2.33. The third-order valence-electron chi connectivity index (χ3n) is 4.05. The molecule has 0 amide bonds. The number of aliphatic imine (C=N–C) groups is 1. The van der Waals surface area contributed by atoms with Gasteiger partial charge in [0.05, 0.1) is 7.11 Å². The van der Waals surface area contributed by atoms with Crippen LogP contribution in [0.15, 0.2) is 71.7 Å². The molecule has 2 heterocycles. The van der Waals surface area contributed by atoms with Crippen molar-refractivity contribution in [2.45, 2.75) is 5.79 Å². The number of para-hydroxylation sites is 1. The Morgan fingerprint density at radius 2 is 1.71 bits per heavy atom. The minimum Gasteiger partial charge on any atom is -0.467 e. The molecule has 2 aromatic carbocycles. The van der Waals surface area contributed by atoms with Crippen LogP contribution < -0.4 is 32.4 Å². The van der Waals surface area contributed by atoms with Crippen LogP contribution in [-0.4, -0.2) is 23.4 Å². The summed E-state index contributed by atoms with van der Waals surface area (Å²) >= 11 is 0. The van der Waals surface area contributed by atoms with Crippen molar-refractivity contribution in [3.05, 3.63) is 72.3 Å². The number of nitrogens with one attached hydrogen (secondary N) is 2. The lowest BCUT2D eigenvalue weighted by molar-refractivity contribution is 0.376. The normalized spacial score (nSPS) is 17.9. The van der Waals surface area contributed by atoms with Crippen LogP contribution in [0.5, 0.6) is 6.01 Å². The molecule has 0 saturated carbocycles. The summed E-state index contributed by atoms with van der Waals surface area (Å²) in [6, 6.07) is 21.3. The fourth-order valence-electron chi connectivity index (χ4n) is 2.70. The lowest BCUT2D eigenvalue weighted by Gasteiger charge is -2.25. The number of hydrogen-bond donors (Lipinski definition) is 4. The molecule has 4 rings (SSSR count). The Morgan fingerprint density at radius 1 is 1.04 bits per heavy atom. The van der Waals surface area contributed by atoms with Crippen molar-refractivity contribution in [3.63, 3.8) is 0 Å². The first-order chi connectivity index (χ1) is 13.2. The molecule has 1 unspecified atom stereocenters. The molecule has 1 aliphatic rings. The topological polar surface area (TPSA) is 136 Å². The van der Waals surface area contributed by atoms with Crippen molar-refractivity contribution in [3.8, 4) is 6.01 Å². The van der Waals surface area contributed by atoms with Gasteiger partial charge in [-0.15, -0.1) is 0 Å². The second-order valence-corrected chi connectivity index (χ2v) is 5.95. The average Bonchev–Trinajstić information content (AvgIpc) is 3.13. The van der Waals surface area contributed by atoms with Crippen molar-refractivity contribution < 1.29 is 4.74 Å². The van der Waals surface area contributed by atoms with Gasteiger partial charge < -0.3 is 16.2 Å². The monoisotopic (exact) mass is 378 g/mol. The van der Waals surface area contributed by atoms with Crippen molar-refractivity contribution in [1.82, 2.24) is 21.5 Å². The van der Waals surface area contributed by atoms with E-state index in [0.717, 1.165) is 11.3 Å². The number of aromatic nitrogens is 2. The van der Waals surface area contributed by atoms with Gasteiger partial charge in [0.25, 0.3) is 0 Å². The van der Waals surface area contributed by atoms with E-state index in [-0.39, 0.29) is 12.2 Å².